The predicted octanol–water partition coefficient (Wildman–Crippen LogP) is 3.57. The summed E-state index contributed by atoms with van der Waals surface area (Å²) in [5.74, 6) is 1.24. The summed E-state index contributed by atoms with van der Waals surface area (Å²) < 4.78 is 5.59. The second kappa shape index (κ2) is 6.09. The van der Waals surface area contributed by atoms with Gasteiger partial charge < -0.3 is 4.74 Å². The normalized spacial score (nSPS) is 13.1. The number of nitrogens with zero attached hydrogens (tertiary/aromatic N) is 1. The lowest BCUT2D eigenvalue weighted by molar-refractivity contribution is -0.385. The quantitative estimate of drug-likeness (QED) is 0.505. The molecule has 0 fully saturated rings. The number of nitro groups is 1. The van der Waals surface area contributed by atoms with E-state index in [9.17, 15) is 10.1 Å². The van der Waals surface area contributed by atoms with Crippen molar-refractivity contribution in [3.63, 3.8) is 0 Å². The smallest absolute Gasteiger partial charge is 0.310 e. The molecule has 1 atom stereocenters. The van der Waals surface area contributed by atoms with Crippen LogP contribution in [-0.2, 0) is 0 Å². The third-order valence-corrected chi connectivity index (χ3v) is 3.39. The summed E-state index contributed by atoms with van der Waals surface area (Å²) in [6.07, 6.45) is 0. The van der Waals surface area contributed by atoms with Crippen LogP contribution in [0.3, 0.4) is 0 Å². The maximum atomic E-state index is 10.8. The van der Waals surface area contributed by atoms with Gasteiger partial charge in [0.15, 0.2) is 5.75 Å². The van der Waals surface area contributed by atoms with Crippen molar-refractivity contribution in [1.29, 1.82) is 0 Å². The molecular weight excluding hydrogens is 250 g/mol. The first-order valence-corrected chi connectivity index (χ1v) is 6.46. The number of hydrogen-bond acceptors (Lipinski definition) is 4. The van der Waals surface area contributed by atoms with Crippen LogP contribution in [0.25, 0.3) is 0 Å². The van der Waals surface area contributed by atoms with Crippen LogP contribution < -0.4 is 4.74 Å². The van der Waals surface area contributed by atoms with Gasteiger partial charge in [0.2, 0.25) is 0 Å². The standard InChI is InChI=1S/C13H19NO3S/c1-13(2,3)10(9-18)8-17-12-7-5-4-6-11(12)14(15)16/h4-7,10,18H,8-9H2,1-3H3. The van der Waals surface area contributed by atoms with Crippen LogP contribution >= 0.6 is 12.6 Å². The average Bonchev–Trinajstić information content (AvgIpc) is 2.28. The molecule has 18 heavy (non-hydrogen) atoms. The summed E-state index contributed by atoms with van der Waals surface area (Å²) in [6.45, 7) is 6.75. The van der Waals surface area contributed by atoms with Gasteiger partial charge in [0.1, 0.15) is 0 Å². The molecule has 1 rings (SSSR count). The summed E-state index contributed by atoms with van der Waals surface area (Å²) in [5, 5.41) is 10.8. The molecule has 0 saturated carbocycles. The van der Waals surface area contributed by atoms with E-state index in [4.69, 9.17) is 4.74 Å². The largest absolute Gasteiger partial charge is 0.486 e. The Hall–Kier alpha value is -1.23. The highest BCUT2D eigenvalue weighted by atomic mass is 32.1. The molecule has 1 unspecified atom stereocenters. The van der Waals surface area contributed by atoms with E-state index in [1.165, 1.54) is 6.07 Å². The van der Waals surface area contributed by atoms with Crippen LogP contribution in [0.5, 0.6) is 5.75 Å². The van der Waals surface area contributed by atoms with E-state index in [-0.39, 0.29) is 17.0 Å². The maximum absolute atomic E-state index is 10.8. The molecular formula is C13H19NO3S. The van der Waals surface area contributed by atoms with E-state index in [2.05, 4.69) is 33.4 Å². The predicted molar refractivity (Wildman–Crippen MR) is 75.4 cm³/mol. The van der Waals surface area contributed by atoms with Gasteiger partial charge in [-0.1, -0.05) is 32.9 Å². The van der Waals surface area contributed by atoms with Crippen molar-refractivity contribution in [2.45, 2.75) is 20.8 Å². The monoisotopic (exact) mass is 269 g/mol. The summed E-state index contributed by atoms with van der Waals surface area (Å²) in [6, 6.07) is 6.43. The Bertz CT molecular complexity index is 415. The van der Waals surface area contributed by atoms with Crippen LogP contribution in [0.4, 0.5) is 5.69 Å². The van der Waals surface area contributed by atoms with Gasteiger partial charge in [-0.25, -0.2) is 0 Å². The number of hydrogen-bond donors (Lipinski definition) is 1. The molecule has 0 bridgehead atoms. The van der Waals surface area contributed by atoms with Crippen molar-refractivity contribution in [2.24, 2.45) is 11.3 Å². The van der Waals surface area contributed by atoms with E-state index in [0.29, 0.717) is 18.1 Å². The van der Waals surface area contributed by atoms with Gasteiger partial charge in [0.05, 0.1) is 11.5 Å². The molecule has 5 heteroatoms. The Kier molecular flexibility index (Phi) is 5.02. The zero-order valence-electron chi connectivity index (χ0n) is 10.9. The van der Waals surface area contributed by atoms with Gasteiger partial charge in [0.25, 0.3) is 0 Å². The minimum Gasteiger partial charge on any atom is -0.486 e. The molecule has 4 nitrogen and oxygen atoms in total. The van der Waals surface area contributed by atoms with E-state index in [1.54, 1.807) is 18.2 Å². The minimum absolute atomic E-state index is 0.00400. The fourth-order valence-corrected chi connectivity index (χ4v) is 2.15. The Morgan fingerprint density at radius 2 is 2.00 bits per heavy atom. The summed E-state index contributed by atoms with van der Waals surface area (Å²) in [7, 11) is 0. The number of rotatable bonds is 5. The van der Waals surface area contributed by atoms with Crippen molar-refractivity contribution in [3.05, 3.63) is 34.4 Å². The van der Waals surface area contributed by atoms with Crippen LogP contribution in [0.2, 0.25) is 0 Å². The molecule has 100 valence electrons. The number of thiol groups is 1. The molecule has 0 aliphatic heterocycles. The molecule has 0 amide bonds. The molecule has 0 heterocycles. The van der Waals surface area contributed by atoms with Gasteiger partial charge >= 0.3 is 5.69 Å². The SMILES string of the molecule is CC(C)(C)C(CS)COc1ccccc1[N+](=O)[O-]. The number of para-hydroxylation sites is 2. The first-order chi connectivity index (χ1) is 8.36. The van der Waals surface area contributed by atoms with Crippen molar-refractivity contribution in [2.75, 3.05) is 12.4 Å². The molecule has 0 radical (unpaired) electrons. The van der Waals surface area contributed by atoms with Crippen molar-refractivity contribution in [3.8, 4) is 5.75 Å². The van der Waals surface area contributed by atoms with Gasteiger partial charge in [-0.15, -0.1) is 0 Å². The molecule has 1 aromatic carbocycles. The molecule has 0 spiro atoms. The second-order valence-electron chi connectivity index (χ2n) is 5.28. The molecule has 0 saturated heterocycles. The Morgan fingerprint density at radius 3 is 2.50 bits per heavy atom. The summed E-state index contributed by atoms with van der Waals surface area (Å²) >= 11 is 4.31. The van der Waals surface area contributed by atoms with E-state index < -0.39 is 4.92 Å². The third-order valence-electron chi connectivity index (χ3n) is 2.95. The Morgan fingerprint density at radius 1 is 1.39 bits per heavy atom. The topological polar surface area (TPSA) is 52.4 Å². The van der Waals surface area contributed by atoms with Crippen LogP contribution in [0.15, 0.2) is 24.3 Å². The van der Waals surface area contributed by atoms with E-state index in [0.717, 1.165) is 0 Å². The lowest BCUT2D eigenvalue weighted by Gasteiger charge is -2.29. The van der Waals surface area contributed by atoms with Gasteiger partial charge in [-0.3, -0.25) is 10.1 Å². The Labute approximate surface area is 113 Å². The zero-order chi connectivity index (χ0) is 13.8. The first kappa shape index (κ1) is 14.8. The lowest BCUT2D eigenvalue weighted by atomic mass is 9.82. The summed E-state index contributed by atoms with van der Waals surface area (Å²) in [5.41, 5.74) is 0.0648. The zero-order valence-corrected chi connectivity index (χ0v) is 11.8. The number of benzene rings is 1. The average molecular weight is 269 g/mol. The first-order valence-electron chi connectivity index (χ1n) is 5.83. The van der Waals surface area contributed by atoms with Crippen molar-refractivity contribution >= 4 is 18.3 Å². The summed E-state index contributed by atoms with van der Waals surface area (Å²) in [4.78, 5) is 10.4. The van der Waals surface area contributed by atoms with E-state index in [1.807, 2.05) is 0 Å². The lowest BCUT2D eigenvalue weighted by Crippen LogP contribution is -2.28. The van der Waals surface area contributed by atoms with Crippen LogP contribution in [-0.4, -0.2) is 17.3 Å². The highest BCUT2D eigenvalue weighted by molar-refractivity contribution is 7.80. The fourth-order valence-electron chi connectivity index (χ4n) is 1.50. The second-order valence-corrected chi connectivity index (χ2v) is 5.65. The molecule has 0 N–H and O–H groups in total. The molecule has 0 aliphatic carbocycles. The van der Waals surface area contributed by atoms with Gasteiger partial charge in [0, 0.05) is 12.0 Å². The maximum Gasteiger partial charge on any atom is 0.310 e. The third kappa shape index (κ3) is 3.91. The van der Waals surface area contributed by atoms with E-state index >= 15 is 0 Å². The number of nitro benzene ring substituents is 1. The van der Waals surface area contributed by atoms with Gasteiger partial charge in [-0.2, -0.15) is 12.6 Å². The van der Waals surface area contributed by atoms with Crippen LogP contribution in [0, 0.1) is 21.4 Å². The molecule has 0 aliphatic rings. The van der Waals surface area contributed by atoms with Crippen molar-refractivity contribution in [1.82, 2.24) is 0 Å². The number of ether oxygens (including phenoxy) is 1. The Balaban J connectivity index is 2.77. The minimum atomic E-state index is -0.428. The van der Waals surface area contributed by atoms with Gasteiger partial charge in [-0.05, 0) is 17.2 Å². The fraction of sp³-hybridized carbons (Fsp3) is 0.538. The highest BCUT2D eigenvalue weighted by Crippen LogP contribution is 2.30. The highest BCUT2D eigenvalue weighted by Gasteiger charge is 2.25. The molecule has 1 aromatic rings. The molecule has 0 aromatic heterocycles. The van der Waals surface area contributed by atoms with Crippen LogP contribution in [0.1, 0.15) is 20.8 Å². The van der Waals surface area contributed by atoms with Crippen molar-refractivity contribution < 1.29 is 9.66 Å².